The molecule has 0 aliphatic carbocycles. The number of fused-ring (bicyclic) bond motifs is 1. The number of amides is 1. The fourth-order valence-corrected chi connectivity index (χ4v) is 4.03. The van der Waals surface area contributed by atoms with Crippen LogP contribution < -0.4 is 10.1 Å². The number of likely N-dealkylation sites (tertiary alicyclic amines) is 1. The molecule has 1 atom stereocenters. The van der Waals surface area contributed by atoms with E-state index in [9.17, 15) is 9.18 Å². The summed E-state index contributed by atoms with van der Waals surface area (Å²) in [5.41, 5.74) is 0.543. The van der Waals surface area contributed by atoms with E-state index >= 15 is 0 Å². The Bertz CT molecular complexity index is 824. The van der Waals surface area contributed by atoms with Crippen LogP contribution in [0.15, 0.2) is 42.5 Å². The summed E-state index contributed by atoms with van der Waals surface area (Å²) in [6.07, 6.45) is 1.74. The summed E-state index contributed by atoms with van der Waals surface area (Å²) in [7, 11) is 0. The standard InChI is InChI=1S/C20H20ClFN2O2/c21-16-6-3-7-17(22)15(16)11-24-10-4-9-20(13-24)12-23-19(25)14-5-1-2-8-18(14)26-20/h1-3,5-8H,4,9-13H2,(H,23,25)/t20-/m0/s1. The summed E-state index contributed by atoms with van der Waals surface area (Å²) in [5, 5.41) is 3.41. The van der Waals surface area contributed by atoms with Crippen LogP contribution >= 0.6 is 11.6 Å². The molecule has 4 nitrogen and oxygen atoms in total. The SMILES string of the molecule is O=C1NC[C@]2(CCCN(Cc3c(F)cccc3Cl)C2)Oc2ccccc21. The summed E-state index contributed by atoms with van der Waals surface area (Å²) < 4.78 is 20.5. The molecule has 4 rings (SSSR count). The normalized spacial score (nSPS) is 23.1. The van der Waals surface area contributed by atoms with E-state index < -0.39 is 5.60 Å². The van der Waals surface area contributed by atoms with Crippen LogP contribution in [0, 0.1) is 5.82 Å². The highest BCUT2D eigenvalue weighted by molar-refractivity contribution is 6.31. The van der Waals surface area contributed by atoms with Crippen molar-refractivity contribution >= 4 is 17.5 Å². The molecule has 2 heterocycles. The lowest BCUT2D eigenvalue weighted by Crippen LogP contribution is -2.56. The topological polar surface area (TPSA) is 41.6 Å². The van der Waals surface area contributed by atoms with Gasteiger partial charge in [-0.1, -0.05) is 29.8 Å². The molecule has 1 N–H and O–H groups in total. The van der Waals surface area contributed by atoms with Gasteiger partial charge in [0.1, 0.15) is 17.2 Å². The fraction of sp³-hybridized carbons (Fsp3) is 0.350. The molecule has 2 aliphatic rings. The molecule has 0 bridgehead atoms. The Morgan fingerprint density at radius 3 is 2.92 bits per heavy atom. The zero-order chi connectivity index (χ0) is 18.1. The molecule has 1 saturated heterocycles. The molecule has 136 valence electrons. The predicted octanol–water partition coefficient (Wildman–Crippen LogP) is 3.64. The first-order valence-electron chi connectivity index (χ1n) is 8.78. The van der Waals surface area contributed by atoms with Crippen molar-refractivity contribution in [1.82, 2.24) is 10.2 Å². The van der Waals surface area contributed by atoms with Crippen molar-refractivity contribution in [2.45, 2.75) is 25.0 Å². The van der Waals surface area contributed by atoms with Gasteiger partial charge < -0.3 is 10.1 Å². The number of rotatable bonds is 2. The Morgan fingerprint density at radius 1 is 1.23 bits per heavy atom. The van der Waals surface area contributed by atoms with E-state index in [4.69, 9.17) is 16.3 Å². The molecule has 0 radical (unpaired) electrons. The maximum atomic E-state index is 14.2. The van der Waals surface area contributed by atoms with E-state index in [2.05, 4.69) is 10.2 Å². The number of carbonyl (C=O) groups excluding carboxylic acids is 1. The van der Waals surface area contributed by atoms with E-state index in [0.29, 0.717) is 41.5 Å². The number of halogens is 2. The first-order chi connectivity index (χ1) is 12.6. The van der Waals surface area contributed by atoms with Gasteiger partial charge in [-0.25, -0.2) is 4.39 Å². The van der Waals surface area contributed by atoms with E-state index in [1.54, 1.807) is 18.2 Å². The highest BCUT2D eigenvalue weighted by Crippen LogP contribution is 2.33. The zero-order valence-corrected chi connectivity index (χ0v) is 15.1. The number of para-hydroxylation sites is 1. The molecule has 2 aliphatic heterocycles. The fourth-order valence-electron chi connectivity index (χ4n) is 3.81. The molecule has 1 amide bonds. The third kappa shape index (κ3) is 3.29. The van der Waals surface area contributed by atoms with Gasteiger partial charge in [0.05, 0.1) is 12.1 Å². The lowest BCUT2D eigenvalue weighted by molar-refractivity contribution is -0.00734. The number of nitrogens with zero attached hydrogens (tertiary/aromatic N) is 1. The highest BCUT2D eigenvalue weighted by Gasteiger charge is 2.40. The van der Waals surface area contributed by atoms with Gasteiger partial charge in [-0.15, -0.1) is 0 Å². The highest BCUT2D eigenvalue weighted by atomic mass is 35.5. The van der Waals surface area contributed by atoms with Gasteiger partial charge in [0.15, 0.2) is 0 Å². The van der Waals surface area contributed by atoms with E-state index in [1.165, 1.54) is 6.07 Å². The molecule has 26 heavy (non-hydrogen) atoms. The third-order valence-corrected chi connectivity index (χ3v) is 5.45. The van der Waals surface area contributed by atoms with Gasteiger partial charge in [0, 0.05) is 23.7 Å². The number of ether oxygens (including phenoxy) is 1. The van der Waals surface area contributed by atoms with Crippen LogP contribution in [-0.4, -0.2) is 36.0 Å². The molecular formula is C20H20ClFN2O2. The maximum Gasteiger partial charge on any atom is 0.255 e. The maximum absolute atomic E-state index is 14.2. The van der Waals surface area contributed by atoms with Crippen LogP contribution in [0.1, 0.15) is 28.8 Å². The van der Waals surface area contributed by atoms with Crippen molar-refractivity contribution in [3.63, 3.8) is 0 Å². The van der Waals surface area contributed by atoms with Gasteiger partial charge in [-0.2, -0.15) is 0 Å². The number of hydrogen-bond donors (Lipinski definition) is 1. The zero-order valence-electron chi connectivity index (χ0n) is 14.3. The van der Waals surface area contributed by atoms with Crippen molar-refractivity contribution in [1.29, 1.82) is 0 Å². The van der Waals surface area contributed by atoms with Crippen molar-refractivity contribution in [2.75, 3.05) is 19.6 Å². The molecular weight excluding hydrogens is 355 g/mol. The largest absolute Gasteiger partial charge is 0.483 e. The smallest absolute Gasteiger partial charge is 0.255 e. The Hall–Kier alpha value is -2.11. The first kappa shape index (κ1) is 17.3. The second-order valence-corrected chi connectivity index (χ2v) is 7.39. The van der Waals surface area contributed by atoms with Crippen LogP contribution in [-0.2, 0) is 6.54 Å². The minimum absolute atomic E-state index is 0.119. The van der Waals surface area contributed by atoms with Crippen LogP contribution in [0.2, 0.25) is 5.02 Å². The van der Waals surface area contributed by atoms with Crippen molar-refractivity contribution in [3.8, 4) is 5.75 Å². The molecule has 0 aromatic heterocycles. The Kier molecular flexibility index (Phi) is 4.59. The lowest BCUT2D eigenvalue weighted by atomic mass is 9.92. The van der Waals surface area contributed by atoms with Crippen molar-refractivity contribution in [2.24, 2.45) is 0 Å². The second kappa shape index (κ2) is 6.89. The van der Waals surface area contributed by atoms with Crippen LogP contribution in [0.3, 0.4) is 0 Å². The third-order valence-electron chi connectivity index (χ3n) is 5.09. The van der Waals surface area contributed by atoms with E-state index in [0.717, 1.165) is 19.4 Å². The van der Waals surface area contributed by atoms with Gasteiger partial charge in [0.25, 0.3) is 5.91 Å². The van der Waals surface area contributed by atoms with Crippen molar-refractivity contribution in [3.05, 3.63) is 64.4 Å². The summed E-state index contributed by atoms with van der Waals surface area (Å²) in [6.45, 7) is 2.30. The summed E-state index contributed by atoms with van der Waals surface area (Å²) in [5.74, 6) is 0.192. The van der Waals surface area contributed by atoms with Crippen LogP contribution in [0.4, 0.5) is 4.39 Å². The molecule has 6 heteroatoms. The molecule has 1 fully saturated rings. The van der Waals surface area contributed by atoms with Gasteiger partial charge in [0.2, 0.25) is 0 Å². The number of nitrogens with one attached hydrogen (secondary N) is 1. The second-order valence-electron chi connectivity index (χ2n) is 6.98. The summed E-state index contributed by atoms with van der Waals surface area (Å²) in [6, 6.07) is 12.0. The predicted molar refractivity (Wildman–Crippen MR) is 98.1 cm³/mol. The van der Waals surface area contributed by atoms with Gasteiger partial charge in [-0.3, -0.25) is 9.69 Å². The number of benzene rings is 2. The van der Waals surface area contributed by atoms with Gasteiger partial charge in [-0.05, 0) is 43.7 Å². The Balaban J connectivity index is 1.57. The minimum Gasteiger partial charge on any atom is -0.483 e. The average Bonchev–Trinajstić information content (AvgIpc) is 2.76. The average molecular weight is 375 g/mol. The number of carbonyl (C=O) groups is 1. The Morgan fingerprint density at radius 2 is 2.08 bits per heavy atom. The Labute approximate surface area is 156 Å². The molecule has 0 saturated carbocycles. The van der Waals surface area contributed by atoms with Gasteiger partial charge >= 0.3 is 0 Å². The van der Waals surface area contributed by atoms with Crippen LogP contribution in [0.5, 0.6) is 5.75 Å². The molecule has 2 aromatic carbocycles. The number of piperidine rings is 1. The first-order valence-corrected chi connectivity index (χ1v) is 9.16. The summed E-state index contributed by atoms with van der Waals surface area (Å²) in [4.78, 5) is 14.5. The quantitative estimate of drug-likeness (QED) is 0.872. The van der Waals surface area contributed by atoms with E-state index in [1.807, 2.05) is 18.2 Å². The molecule has 1 spiro atoms. The minimum atomic E-state index is -0.516. The van der Waals surface area contributed by atoms with Crippen LogP contribution in [0.25, 0.3) is 0 Å². The lowest BCUT2D eigenvalue weighted by Gasteiger charge is -2.42. The summed E-state index contributed by atoms with van der Waals surface area (Å²) >= 11 is 6.18. The molecule has 0 unspecified atom stereocenters. The van der Waals surface area contributed by atoms with Crippen molar-refractivity contribution < 1.29 is 13.9 Å². The number of hydrogen-bond acceptors (Lipinski definition) is 3. The molecule has 2 aromatic rings. The monoisotopic (exact) mass is 374 g/mol. The van der Waals surface area contributed by atoms with E-state index in [-0.39, 0.29) is 11.7 Å².